The summed E-state index contributed by atoms with van der Waals surface area (Å²) in [6.45, 7) is 2.55. The molecule has 0 radical (unpaired) electrons. The van der Waals surface area contributed by atoms with Gasteiger partial charge < -0.3 is 25.2 Å². The van der Waals surface area contributed by atoms with Crippen LogP contribution in [0.15, 0.2) is 40.9 Å². The highest BCUT2D eigenvalue weighted by atomic mass is 16.5. The molecule has 3 N–H and O–H groups in total. The van der Waals surface area contributed by atoms with E-state index in [0.717, 1.165) is 24.2 Å². The van der Waals surface area contributed by atoms with Gasteiger partial charge in [0.25, 0.3) is 5.91 Å². The number of carbonyl (C=O) groups is 3. The van der Waals surface area contributed by atoms with Crippen LogP contribution < -0.4 is 10.6 Å². The maximum absolute atomic E-state index is 12.9. The third-order valence-corrected chi connectivity index (χ3v) is 6.22. The number of hydrogen-bond acceptors (Lipinski definition) is 5. The van der Waals surface area contributed by atoms with E-state index < -0.39 is 12.1 Å². The van der Waals surface area contributed by atoms with Crippen LogP contribution in [0.25, 0.3) is 0 Å². The van der Waals surface area contributed by atoms with Crippen molar-refractivity contribution in [3.05, 3.63) is 53.4 Å². The molecule has 1 aliphatic carbocycles. The second-order valence-corrected chi connectivity index (χ2v) is 8.58. The van der Waals surface area contributed by atoms with Gasteiger partial charge in [0, 0.05) is 25.1 Å². The predicted octanol–water partition coefficient (Wildman–Crippen LogP) is 2.92. The molecule has 1 aromatic carbocycles. The number of nitrogens with one attached hydrogen (secondary N) is 2. The molecule has 1 aromatic heterocycles. The lowest BCUT2D eigenvalue weighted by atomic mass is 9.85. The van der Waals surface area contributed by atoms with Crippen LogP contribution in [0.3, 0.4) is 0 Å². The van der Waals surface area contributed by atoms with Gasteiger partial charge in [0.05, 0.1) is 6.04 Å². The largest absolute Gasteiger partial charge is 0.465 e. The quantitative estimate of drug-likeness (QED) is 0.608. The van der Waals surface area contributed by atoms with Crippen LogP contribution in [0.2, 0.25) is 0 Å². The number of hydrogen-bond donors (Lipinski definition) is 3. The Kier molecular flexibility index (Phi) is 6.43. The summed E-state index contributed by atoms with van der Waals surface area (Å²) in [4.78, 5) is 38.0. The second kappa shape index (κ2) is 9.42. The van der Waals surface area contributed by atoms with Crippen LogP contribution in [0.4, 0.5) is 4.79 Å². The molecular formula is C23H28N4O5. The van der Waals surface area contributed by atoms with E-state index in [2.05, 4.69) is 15.8 Å². The molecule has 3 amide bonds. The summed E-state index contributed by atoms with van der Waals surface area (Å²) >= 11 is 0. The van der Waals surface area contributed by atoms with Gasteiger partial charge in [-0.05, 0) is 44.1 Å². The minimum Gasteiger partial charge on any atom is -0.465 e. The first-order chi connectivity index (χ1) is 15.4. The Morgan fingerprint density at radius 1 is 1.09 bits per heavy atom. The van der Waals surface area contributed by atoms with E-state index >= 15 is 0 Å². The summed E-state index contributed by atoms with van der Waals surface area (Å²) in [5.41, 5.74) is 1.28. The molecule has 1 aliphatic heterocycles. The Morgan fingerprint density at radius 2 is 1.78 bits per heavy atom. The van der Waals surface area contributed by atoms with Crippen molar-refractivity contribution in [1.82, 2.24) is 20.7 Å². The fraction of sp³-hybridized carbons (Fsp3) is 0.478. The number of likely N-dealkylation sites (tertiary alicyclic amines) is 1. The van der Waals surface area contributed by atoms with Crippen LogP contribution in [0.5, 0.6) is 0 Å². The number of amides is 3. The summed E-state index contributed by atoms with van der Waals surface area (Å²) in [6.07, 6.45) is 2.31. The van der Waals surface area contributed by atoms with E-state index in [4.69, 9.17) is 9.63 Å². The molecule has 2 fully saturated rings. The topological polar surface area (TPSA) is 125 Å². The number of piperidine rings is 1. The molecule has 2 aromatic rings. The van der Waals surface area contributed by atoms with E-state index in [1.54, 1.807) is 17.9 Å². The average Bonchev–Trinajstić information content (AvgIpc) is 3.53. The third-order valence-electron chi connectivity index (χ3n) is 6.22. The fourth-order valence-electron chi connectivity index (χ4n) is 4.28. The van der Waals surface area contributed by atoms with E-state index in [1.165, 1.54) is 0 Å². The molecule has 0 bridgehead atoms. The summed E-state index contributed by atoms with van der Waals surface area (Å²) in [5.74, 6) is 0.771. The van der Waals surface area contributed by atoms with Crippen LogP contribution in [0, 0.1) is 5.92 Å². The Balaban J connectivity index is 1.43. The fourth-order valence-corrected chi connectivity index (χ4v) is 4.28. The van der Waals surface area contributed by atoms with Crippen molar-refractivity contribution in [2.24, 2.45) is 5.92 Å². The highest BCUT2D eigenvalue weighted by Crippen LogP contribution is 2.40. The summed E-state index contributed by atoms with van der Waals surface area (Å²) in [6, 6.07) is 10.5. The third kappa shape index (κ3) is 5.09. The number of carbonyl (C=O) groups excluding carboxylic acids is 2. The summed E-state index contributed by atoms with van der Waals surface area (Å²) in [5, 5.41) is 18.1. The molecule has 9 nitrogen and oxygen atoms in total. The van der Waals surface area contributed by atoms with E-state index in [-0.39, 0.29) is 29.5 Å². The molecule has 1 saturated heterocycles. The monoisotopic (exact) mass is 440 g/mol. The second-order valence-electron chi connectivity index (χ2n) is 8.58. The minimum absolute atomic E-state index is 0.128. The number of aromatic nitrogens is 1. The van der Waals surface area contributed by atoms with Crippen LogP contribution in [-0.4, -0.2) is 52.2 Å². The highest BCUT2D eigenvalue weighted by Gasteiger charge is 2.33. The van der Waals surface area contributed by atoms with Gasteiger partial charge in [-0.1, -0.05) is 35.5 Å². The first-order valence-corrected chi connectivity index (χ1v) is 11.0. The van der Waals surface area contributed by atoms with Crippen LogP contribution in [0.1, 0.15) is 66.4 Å². The lowest BCUT2D eigenvalue weighted by Crippen LogP contribution is -2.50. The van der Waals surface area contributed by atoms with Crippen molar-refractivity contribution >= 4 is 17.9 Å². The van der Waals surface area contributed by atoms with E-state index in [0.29, 0.717) is 31.8 Å². The van der Waals surface area contributed by atoms with Crippen LogP contribution in [-0.2, 0) is 4.79 Å². The normalized spacial score (nSPS) is 18.6. The minimum atomic E-state index is -1.22. The number of rotatable bonds is 7. The lowest BCUT2D eigenvalue weighted by molar-refractivity contribution is -0.134. The van der Waals surface area contributed by atoms with Crippen molar-refractivity contribution in [3.63, 3.8) is 0 Å². The zero-order chi connectivity index (χ0) is 22.7. The molecule has 170 valence electrons. The van der Waals surface area contributed by atoms with Gasteiger partial charge in [-0.25, -0.2) is 4.79 Å². The predicted molar refractivity (Wildman–Crippen MR) is 115 cm³/mol. The Hall–Kier alpha value is -3.36. The van der Waals surface area contributed by atoms with Gasteiger partial charge in [0.15, 0.2) is 5.69 Å². The van der Waals surface area contributed by atoms with Crippen LogP contribution >= 0.6 is 0 Å². The van der Waals surface area contributed by atoms with Gasteiger partial charge in [-0.15, -0.1) is 0 Å². The van der Waals surface area contributed by atoms with Gasteiger partial charge in [-0.2, -0.15) is 0 Å². The Morgan fingerprint density at radius 3 is 2.41 bits per heavy atom. The van der Waals surface area contributed by atoms with Gasteiger partial charge >= 0.3 is 6.09 Å². The maximum atomic E-state index is 12.9. The zero-order valence-electron chi connectivity index (χ0n) is 18.0. The SMILES string of the molecule is C[C@H](NC(=O)O)C(=O)N1CCC([C@@H](NC(=O)c2cc(C3CC3)on2)c2ccccc2)CC1. The average molecular weight is 441 g/mol. The van der Waals surface area contributed by atoms with Crippen molar-refractivity contribution in [2.75, 3.05) is 13.1 Å². The Bertz CT molecular complexity index is 964. The standard InChI is InChI=1S/C23H28N4O5/c1-14(24-23(30)31)22(29)27-11-9-17(10-12-27)20(16-5-3-2-4-6-16)25-21(28)18-13-19(32-26-18)15-7-8-15/h2-6,13-15,17,20,24H,7-12H2,1H3,(H,25,28)(H,30,31)/t14-,20-/m0/s1. The number of nitrogens with zero attached hydrogens (tertiary/aromatic N) is 2. The molecule has 1 saturated carbocycles. The Labute approximate surface area is 186 Å². The molecule has 4 rings (SSSR count). The first-order valence-electron chi connectivity index (χ1n) is 11.0. The van der Waals surface area contributed by atoms with Crippen molar-refractivity contribution in [3.8, 4) is 0 Å². The van der Waals surface area contributed by atoms with Crippen molar-refractivity contribution in [1.29, 1.82) is 0 Å². The molecule has 0 spiro atoms. The summed E-state index contributed by atoms with van der Waals surface area (Å²) < 4.78 is 5.33. The molecule has 0 unspecified atom stereocenters. The smallest absolute Gasteiger partial charge is 0.405 e. The molecule has 9 heteroatoms. The zero-order valence-corrected chi connectivity index (χ0v) is 18.0. The lowest BCUT2D eigenvalue weighted by Gasteiger charge is -2.37. The molecule has 2 heterocycles. The van der Waals surface area contributed by atoms with E-state index in [9.17, 15) is 14.4 Å². The molecular weight excluding hydrogens is 412 g/mol. The van der Waals surface area contributed by atoms with E-state index in [1.807, 2.05) is 30.3 Å². The van der Waals surface area contributed by atoms with Gasteiger partial charge in [-0.3, -0.25) is 9.59 Å². The molecule has 32 heavy (non-hydrogen) atoms. The molecule has 2 atom stereocenters. The maximum Gasteiger partial charge on any atom is 0.405 e. The highest BCUT2D eigenvalue weighted by molar-refractivity contribution is 5.92. The van der Waals surface area contributed by atoms with Gasteiger partial charge in [0.2, 0.25) is 5.91 Å². The number of benzene rings is 1. The number of carboxylic acid groups (broad SMARTS) is 1. The van der Waals surface area contributed by atoms with Gasteiger partial charge in [0.1, 0.15) is 11.8 Å². The summed E-state index contributed by atoms with van der Waals surface area (Å²) in [7, 11) is 0. The molecule has 2 aliphatic rings. The first kappa shape index (κ1) is 21.9. The van der Waals surface area contributed by atoms with Crippen molar-refractivity contribution < 1.29 is 24.0 Å². The van der Waals surface area contributed by atoms with Crippen molar-refractivity contribution in [2.45, 2.75) is 50.6 Å².